The van der Waals surface area contributed by atoms with Gasteiger partial charge in [-0.2, -0.15) is 0 Å². The number of fused-ring (bicyclic) bond motifs is 3. The van der Waals surface area contributed by atoms with Crippen molar-refractivity contribution >= 4 is 37.3 Å². The highest BCUT2D eigenvalue weighted by atomic mass is 32.1. The molecular formula is C10H8N2OS. The van der Waals surface area contributed by atoms with Crippen LogP contribution in [0.3, 0.4) is 0 Å². The van der Waals surface area contributed by atoms with Gasteiger partial charge in [0, 0.05) is 27.1 Å². The number of rotatable bonds is 0. The Hall–Kier alpha value is -1.68. The van der Waals surface area contributed by atoms with Gasteiger partial charge < -0.3 is 15.8 Å². The Bertz CT molecular complexity index is 568. The highest BCUT2D eigenvalue weighted by molar-refractivity contribution is 7.22. The van der Waals surface area contributed by atoms with Crippen molar-refractivity contribution in [3.8, 4) is 5.88 Å². The van der Waals surface area contributed by atoms with Crippen LogP contribution >= 0.6 is 11.3 Å². The van der Waals surface area contributed by atoms with Crippen LogP contribution in [0.2, 0.25) is 0 Å². The maximum Gasteiger partial charge on any atom is 0.189 e. The second-order valence-electron chi connectivity index (χ2n) is 3.24. The van der Waals surface area contributed by atoms with E-state index in [9.17, 15) is 5.11 Å². The number of aromatic nitrogens is 1. The van der Waals surface area contributed by atoms with E-state index in [1.54, 1.807) is 17.4 Å². The first-order chi connectivity index (χ1) is 6.74. The van der Waals surface area contributed by atoms with Crippen molar-refractivity contribution < 1.29 is 5.11 Å². The molecule has 0 aliphatic heterocycles. The summed E-state index contributed by atoms with van der Waals surface area (Å²) in [6.07, 6.45) is 0. The number of nitrogen functional groups attached to an aromatic ring is 1. The van der Waals surface area contributed by atoms with Crippen LogP contribution in [0.15, 0.2) is 24.3 Å². The largest absolute Gasteiger partial charge is 0.495 e. The Kier molecular flexibility index (Phi) is 1.33. The van der Waals surface area contributed by atoms with Crippen molar-refractivity contribution in [3.63, 3.8) is 0 Å². The predicted octanol–water partition coefficient (Wildman–Crippen LogP) is 2.67. The second kappa shape index (κ2) is 2.42. The van der Waals surface area contributed by atoms with Gasteiger partial charge >= 0.3 is 0 Å². The van der Waals surface area contributed by atoms with Crippen LogP contribution < -0.4 is 5.73 Å². The summed E-state index contributed by atoms with van der Waals surface area (Å²) in [7, 11) is 0. The number of nitrogens with two attached hydrogens (primary N) is 1. The van der Waals surface area contributed by atoms with Crippen LogP contribution in [0.1, 0.15) is 0 Å². The van der Waals surface area contributed by atoms with E-state index in [2.05, 4.69) is 4.98 Å². The van der Waals surface area contributed by atoms with Crippen LogP contribution in [0, 0.1) is 0 Å². The number of H-pyrrole nitrogens is 1. The molecule has 0 aliphatic carbocycles. The SMILES string of the molecule is Nc1cc2c(ccc3[nH]c(O)cc32)s1. The number of aromatic amines is 1. The van der Waals surface area contributed by atoms with E-state index < -0.39 is 0 Å². The average Bonchev–Trinajstić information content (AvgIpc) is 2.65. The van der Waals surface area contributed by atoms with Crippen molar-refractivity contribution in [3.05, 3.63) is 24.3 Å². The summed E-state index contributed by atoms with van der Waals surface area (Å²) in [4.78, 5) is 2.88. The summed E-state index contributed by atoms with van der Waals surface area (Å²) in [5, 5.41) is 12.3. The summed E-state index contributed by atoms with van der Waals surface area (Å²) in [5.74, 6) is 0.192. The molecule has 0 saturated heterocycles. The first kappa shape index (κ1) is 7.70. The van der Waals surface area contributed by atoms with E-state index >= 15 is 0 Å². The molecule has 3 nitrogen and oxygen atoms in total. The van der Waals surface area contributed by atoms with Gasteiger partial charge in [0.2, 0.25) is 0 Å². The molecule has 0 amide bonds. The fourth-order valence-electron chi connectivity index (χ4n) is 1.73. The highest BCUT2D eigenvalue weighted by Gasteiger charge is 2.06. The first-order valence-corrected chi connectivity index (χ1v) is 5.05. The molecule has 0 atom stereocenters. The lowest BCUT2D eigenvalue weighted by molar-refractivity contribution is 0.458. The molecule has 2 aromatic heterocycles. The summed E-state index contributed by atoms with van der Waals surface area (Å²) >= 11 is 1.56. The van der Waals surface area contributed by atoms with Gasteiger partial charge in [-0.3, -0.25) is 0 Å². The third-order valence-electron chi connectivity index (χ3n) is 2.31. The summed E-state index contributed by atoms with van der Waals surface area (Å²) < 4.78 is 1.15. The van der Waals surface area contributed by atoms with Crippen molar-refractivity contribution in [2.45, 2.75) is 0 Å². The molecule has 1 aromatic carbocycles. The summed E-state index contributed by atoms with van der Waals surface area (Å²) in [5.41, 5.74) is 6.67. The number of thiophene rings is 1. The van der Waals surface area contributed by atoms with E-state index in [0.717, 1.165) is 26.0 Å². The number of anilines is 1. The predicted molar refractivity (Wildman–Crippen MR) is 59.8 cm³/mol. The quantitative estimate of drug-likeness (QED) is 0.527. The van der Waals surface area contributed by atoms with Crippen molar-refractivity contribution in [1.29, 1.82) is 0 Å². The molecule has 4 heteroatoms. The smallest absolute Gasteiger partial charge is 0.189 e. The normalized spacial score (nSPS) is 11.4. The van der Waals surface area contributed by atoms with Crippen molar-refractivity contribution in [1.82, 2.24) is 4.98 Å². The summed E-state index contributed by atoms with van der Waals surface area (Å²) in [6, 6.07) is 7.63. The number of benzene rings is 1. The molecule has 0 spiro atoms. The lowest BCUT2D eigenvalue weighted by Gasteiger charge is -1.90. The minimum atomic E-state index is 0.192. The van der Waals surface area contributed by atoms with Gasteiger partial charge in [-0.05, 0) is 18.2 Å². The van der Waals surface area contributed by atoms with E-state index in [0.29, 0.717) is 0 Å². The monoisotopic (exact) mass is 204 g/mol. The highest BCUT2D eigenvalue weighted by Crippen LogP contribution is 2.34. The Morgan fingerprint density at radius 2 is 2.07 bits per heavy atom. The molecule has 4 N–H and O–H groups in total. The van der Waals surface area contributed by atoms with Gasteiger partial charge in [0.15, 0.2) is 5.88 Å². The molecule has 0 bridgehead atoms. The Balaban J connectivity index is 2.58. The fourth-order valence-corrected chi connectivity index (χ4v) is 2.57. The number of hydrogen-bond donors (Lipinski definition) is 3. The van der Waals surface area contributed by atoms with Crippen LogP contribution in [-0.2, 0) is 0 Å². The van der Waals surface area contributed by atoms with Gasteiger partial charge in [0.1, 0.15) is 0 Å². The lowest BCUT2D eigenvalue weighted by Crippen LogP contribution is -1.73. The molecule has 0 unspecified atom stereocenters. The maximum atomic E-state index is 9.34. The van der Waals surface area contributed by atoms with Gasteiger partial charge in [0.25, 0.3) is 0 Å². The van der Waals surface area contributed by atoms with E-state index in [1.807, 2.05) is 18.2 Å². The van der Waals surface area contributed by atoms with Gasteiger partial charge in [-0.1, -0.05) is 0 Å². The van der Waals surface area contributed by atoms with Crippen LogP contribution in [0.4, 0.5) is 5.00 Å². The van der Waals surface area contributed by atoms with Crippen LogP contribution in [0.25, 0.3) is 21.0 Å². The Morgan fingerprint density at radius 3 is 2.93 bits per heavy atom. The zero-order valence-electron chi connectivity index (χ0n) is 7.24. The molecule has 3 aromatic rings. The molecule has 70 valence electrons. The fraction of sp³-hybridized carbons (Fsp3) is 0. The Labute approximate surface area is 83.8 Å². The van der Waals surface area contributed by atoms with Gasteiger partial charge in [0.05, 0.1) is 5.00 Å². The second-order valence-corrected chi connectivity index (χ2v) is 4.36. The molecule has 3 rings (SSSR count). The summed E-state index contributed by atoms with van der Waals surface area (Å²) in [6.45, 7) is 0. The molecule has 0 aliphatic rings. The standard InChI is InChI=1S/C10H8N2OS/c11-9-3-6-5-4-10(13)12-7(5)1-2-8(6)14-9/h1-4,12-13H,11H2. The molecule has 2 heterocycles. The molecular weight excluding hydrogens is 196 g/mol. The number of aromatic hydroxyl groups is 1. The molecule has 0 fully saturated rings. The van der Waals surface area contributed by atoms with Gasteiger partial charge in [-0.25, -0.2) is 0 Å². The lowest BCUT2D eigenvalue weighted by atomic mass is 10.2. The topological polar surface area (TPSA) is 62.0 Å². The van der Waals surface area contributed by atoms with E-state index in [4.69, 9.17) is 5.73 Å². The minimum absolute atomic E-state index is 0.192. The molecule has 0 saturated carbocycles. The number of nitrogens with one attached hydrogen (secondary N) is 1. The first-order valence-electron chi connectivity index (χ1n) is 4.24. The third-order valence-corrected chi connectivity index (χ3v) is 3.23. The zero-order valence-corrected chi connectivity index (χ0v) is 8.06. The van der Waals surface area contributed by atoms with Crippen LogP contribution in [0.5, 0.6) is 5.88 Å². The minimum Gasteiger partial charge on any atom is -0.495 e. The Morgan fingerprint density at radius 1 is 1.21 bits per heavy atom. The molecule has 14 heavy (non-hydrogen) atoms. The average molecular weight is 204 g/mol. The van der Waals surface area contributed by atoms with Crippen molar-refractivity contribution in [2.24, 2.45) is 0 Å². The third kappa shape index (κ3) is 0.914. The van der Waals surface area contributed by atoms with Crippen LogP contribution in [-0.4, -0.2) is 10.1 Å². The zero-order chi connectivity index (χ0) is 9.71. The maximum absolute atomic E-state index is 9.34. The number of hydrogen-bond acceptors (Lipinski definition) is 3. The van der Waals surface area contributed by atoms with Crippen molar-refractivity contribution in [2.75, 3.05) is 5.73 Å². The van der Waals surface area contributed by atoms with E-state index in [1.165, 1.54) is 0 Å². The van der Waals surface area contributed by atoms with E-state index in [-0.39, 0.29) is 5.88 Å². The molecule has 0 radical (unpaired) electrons. The van der Waals surface area contributed by atoms with Gasteiger partial charge in [-0.15, -0.1) is 11.3 Å².